The molecule has 0 radical (unpaired) electrons. The topological polar surface area (TPSA) is 119 Å². The zero-order valence-electron chi connectivity index (χ0n) is 20.0. The molecule has 1 saturated heterocycles. The molecule has 184 valence electrons. The van der Waals surface area contributed by atoms with Crippen molar-refractivity contribution in [2.45, 2.75) is 38.7 Å². The monoisotopic (exact) mass is 486 g/mol. The van der Waals surface area contributed by atoms with Crippen molar-refractivity contribution in [3.8, 4) is 0 Å². The number of carbonyl (C=O) groups is 2. The lowest BCUT2D eigenvalue weighted by Gasteiger charge is -2.19. The van der Waals surface area contributed by atoms with E-state index in [1.165, 1.54) is 4.80 Å². The summed E-state index contributed by atoms with van der Waals surface area (Å²) in [5.74, 6) is -0.969. The number of aryl methyl sites for hydroxylation is 2. The van der Waals surface area contributed by atoms with Gasteiger partial charge in [-0.1, -0.05) is 41.5 Å². The minimum atomic E-state index is -0.703. The van der Waals surface area contributed by atoms with Gasteiger partial charge >= 0.3 is 11.9 Å². The van der Waals surface area contributed by atoms with Crippen LogP contribution in [0, 0.1) is 13.8 Å². The maximum Gasteiger partial charge on any atom is 0.338 e. The molecule has 5 rings (SSSR count). The van der Waals surface area contributed by atoms with E-state index < -0.39 is 30.4 Å². The third kappa shape index (κ3) is 4.92. The molecule has 0 aliphatic carbocycles. The Kier molecular flexibility index (Phi) is 6.39. The van der Waals surface area contributed by atoms with E-state index in [0.717, 1.165) is 11.1 Å². The van der Waals surface area contributed by atoms with E-state index in [-0.39, 0.29) is 13.0 Å². The van der Waals surface area contributed by atoms with Gasteiger partial charge in [-0.15, -0.1) is 5.10 Å². The molecule has 9 nitrogen and oxygen atoms in total. The van der Waals surface area contributed by atoms with Crippen LogP contribution in [-0.2, 0) is 14.2 Å². The van der Waals surface area contributed by atoms with Crippen LogP contribution in [0.25, 0.3) is 11.0 Å². The highest BCUT2D eigenvalue weighted by atomic mass is 16.6. The second-order valence-corrected chi connectivity index (χ2v) is 8.87. The zero-order valence-corrected chi connectivity index (χ0v) is 20.0. The molecule has 0 bridgehead atoms. The summed E-state index contributed by atoms with van der Waals surface area (Å²) in [5, 5.41) is 8.94. The van der Waals surface area contributed by atoms with Gasteiger partial charge in [0.05, 0.1) is 16.8 Å². The maximum atomic E-state index is 12.8. The molecule has 36 heavy (non-hydrogen) atoms. The van der Waals surface area contributed by atoms with Crippen molar-refractivity contribution in [3.05, 3.63) is 89.0 Å². The Morgan fingerprint density at radius 1 is 0.944 bits per heavy atom. The number of nitrogen functional groups attached to an aromatic ring is 1. The first-order valence-electron chi connectivity index (χ1n) is 11.7. The molecule has 1 aliphatic heterocycles. The molecular weight excluding hydrogens is 460 g/mol. The highest BCUT2D eigenvalue weighted by Gasteiger charge is 2.41. The lowest BCUT2D eigenvalue weighted by molar-refractivity contribution is -0.0633. The molecule has 1 aromatic heterocycles. The van der Waals surface area contributed by atoms with Crippen LogP contribution >= 0.6 is 0 Å². The molecule has 2 heterocycles. The molecule has 9 heteroatoms. The second-order valence-electron chi connectivity index (χ2n) is 8.87. The molecule has 0 unspecified atom stereocenters. The van der Waals surface area contributed by atoms with Crippen LogP contribution < -0.4 is 5.73 Å². The van der Waals surface area contributed by atoms with E-state index >= 15 is 0 Å². The van der Waals surface area contributed by atoms with Gasteiger partial charge in [0.15, 0.2) is 6.23 Å². The summed E-state index contributed by atoms with van der Waals surface area (Å²) in [4.78, 5) is 26.8. The minimum Gasteiger partial charge on any atom is -0.459 e. The lowest BCUT2D eigenvalue weighted by Crippen LogP contribution is -2.32. The van der Waals surface area contributed by atoms with Gasteiger partial charge in [-0.05, 0) is 50.2 Å². The molecule has 0 spiro atoms. The number of fused-ring (bicyclic) bond motifs is 1. The summed E-state index contributed by atoms with van der Waals surface area (Å²) < 4.78 is 17.5. The van der Waals surface area contributed by atoms with Gasteiger partial charge < -0.3 is 19.9 Å². The van der Waals surface area contributed by atoms with Gasteiger partial charge in [0, 0.05) is 6.42 Å². The first-order chi connectivity index (χ1) is 17.4. The average molecular weight is 487 g/mol. The summed E-state index contributed by atoms with van der Waals surface area (Å²) in [7, 11) is 0. The number of esters is 2. The number of benzene rings is 3. The number of aromatic nitrogens is 3. The van der Waals surface area contributed by atoms with Gasteiger partial charge in [-0.3, -0.25) is 0 Å². The summed E-state index contributed by atoms with van der Waals surface area (Å²) in [6, 6.07) is 19.5. The van der Waals surface area contributed by atoms with E-state index in [9.17, 15) is 9.59 Å². The van der Waals surface area contributed by atoms with Crippen molar-refractivity contribution in [1.82, 2.24) is 15.0 Å². The minimum absolute atomic E-state index is 0.0992. The summed E-state index contributed by atoms with van der Waals surface area (Å²) >= 11 is 0. The normalized spacial score (nSPS) is 19.3. The largest absolute Gasteiger partial charge is 0.459 e. The van der Waals surface area contributed by atoms with Gasteiger partial charge in [0.25, 0.3) is 0 Å². The zero-order chi connectivity index (χ0) is 25.2. The van der Waals surface area contributed by atoms with Gasteiger partial charge in [0.1, 0.15) is 29.8 Å². The number of hydrogen-bond acceptors (Lipinski definition) is 8. The Labute approximate surface area is 207 Å². The average Bonchev–Trinajstić information content (AvgIpc) is 3.48. The third-order valence-corrected chi connectivity index (χ3v) is 6.11. The number of anilines is 1. The standard InChI is InChI=1S/C27H26N4O5/c1-16-6-10-18(11-7-16)26(32)34-15-23-22(36-27(33)19-12-8-17(2)9-13-19)14-24(35-23)31-29-21-5-3-4-20(28)25(21)30-31/h3-13,22-24H,14-15,28H2,1-2H3/t22-,23+,24+/m0/s1. The number of hydrogen-bond donors (Lipinski definition) is 1. The Morgan fingerprint density at radius 2 is 1.58 bits per heavy atom. The van der Waals surface area contributed by atoms with Crippen LogP contribution in [0.5, 0.6) is 0 Å². The summed E-state index contributed by atoms with van der Waals surface area (Å²) in [6.07, 6.45) is -1.73. The van der Waals surface area contributed by atoms with Gasteiger partial charge in [0.2, 0.25) is 0 Å². The molecule has 3 atom stereocenters. The molecule has 0 saturated carbocycles. The molecule has 3 aromatic carbocycles. The Morgan fingerprint density at radius 3 is 2.22 bits per heavy atom. The molecule has 4 aromatic rings. The Bertz CT molecular complexity index is 1400. The van der Waals surface area contributed by atoms with Gasteiger partial charge in [-0.25, -0.2) is 9.59 Å². The molecule has 1 aliphatic rings. The van der Waals surface area contributed by atoms with Crippen molar-refractivity contribution in [1.29, 1.82) is 0 Å². The predicted octanol–water partition coefficient (Wildman–Crippen LogP) is 4.00. The Balaban J connectivity index is 1.34. The fourth-order valence-electron chi connectivity index (χ4n) is 4.04. The number of carbonyl (C=O) groups excluding carboxylic acids is 2. The van der Waals surface area contributed by atoms with Crippen molar-refractivity contribution in [3.63, 3.8) is 0 Å². The SMILES string of the molecule is Cc1ccc(C(=O)OC[C@H]2O[C@@H](n3nc4cccc(N)c4n3)C[C@@H]2OC(=O)c2ccc(C)cc2)cc1. The number of nitrogens with zero attached hydrogens (tertiary/aromatic N) is 3. The fraction of sp³-hybridized carbons (Fsp3) is 0.259. The first-order valence-corrected chi connectivity index (χ1v) is 11.7. The van der Waals surface area contributed by atoms with Crippen molar-refractivity contribution < 1.29 is 23.8 Å². The van der Waals surface area contributed by atoms with Gasteiger partial charge in [-0.2, -0.15) is 9.90 Å². The molecule has 1 fully saturated rings. The Hall–Kier alpha value is -4.24. The third-order valence-electron chi connectivity index (χ3n) is 6.11. The van der Waals surface area contributed by atoms with E-state index in [4.69, 9.17) is 19.9 Å². The van der Waals surface area contributed by atoms with Crippen molar-refractivity contribution in [2.24, 2.45) is 0 Å². The molecular formula is C27H26N4O5. The van der Waals surface area contributed by atoms with E-state index in [2.05, 4.69) is 10.2 Å². The number of nitrogens with two attached hydrogens (primary N) is 1. The second kappa shape index (κ2) is 9.79. The number of rotatable bonds is 6. The van der Waals surface area contributed by atoms with Crippen LogP contribution in [0.2, 0.25) is 0 Å². The fourth-order valence-corrected chi connectivity index (χ4v) is 4.04. The highest BCUT2D eigenvalue weighted by Crippen LogP contribution is 2.32. The van der Waals surface area contributed by atoms with E-state index in [0.29, 0.717) is 27.8 Å². The van der Waals surface area contributed by atoms with Crippen molar-refractivity contribution in [2.75, 3.05) is 12.3 Å². The molecule has 0 amide bonds. The quantitative estimate of drug-likeness (QED) is 0.321. The van der Waals surface area contributed by atoms with E-state index in [1.807, 2.05) is 38.1 Å². The summed E-state index contributed by atoms with van der Waals surface area (Å²) in [5.41, 5.74) is 10.6. The molecule has 2 N–H and O–H groups in total. The van der Waals surface area contributed by atoms with E-state index in [1.54, 1.807) is 42.5 Å². The summed E-state index contributed by atoms with van der Waals surface area (Å²) in [6.45, 7) is 3.78. The van der Waals surface area contributed by atoms with Crippen molar-refractivity contribution >= 4 is 28.7 Å². The highest BCUT2D eigenvalue weighted by molar-refractivity contribution is 5.90. The predicted molar refractivity (Wildman–Crippen MR) is 132 cm³/mol. The van der Waals surface area contributed by atoms with Crippen LogP contribution in [0.4, 0.5) is 5.69 Å². The van der Waals surface area contributed by atoms with Crippen LogP contribution in [0.15, 0.2) is 66.7 Å². The van der Waals surface area contributed by atoms with Crippen LogP contribution in [0.3, 0.4) is 0 Å². The lowest BCUT2D eigenvalue weighted by atomic mass is 10.1. The smallest absolute Gasteiger partial charge is 0.338 e. The maximum absolute atomic E-state index is 12.8. The van der Waals surface area contributed by atoms with Crippen LogP contribution in [0.1, 0.15) is 44.5 Å². The number of ether oxygens (including phenoxy) is 3. The first kappa shape index (κ1) is 23.5. The van der Waals surface area contributed by atoms with Crippen LogP contribution in [-0.4, -0.2) is 45.7 Å².